The van der Waals surface area contributed by atoms with Crippen molar-refractivity contribution in [2.75, 3.05) is 19.8 Å². The van der Waals surface area contributed by atoms with Gasteiger partial charge in [0.05, 0.1) is 18.3 Å². The Morgan fingerprint density at radius 1 is 1.69 bits per heavy atom. The van der Waals surface area contributed by atoms with Gasteiger partial charge in [0.1, 0.15) is 6.67 Å². The molecule has 1 fully saturated rings. The van der Waals surface area contributed by atoms with Gasteiger partial charge in [0, 0.05) is 12.6 Å². The molecule has 1 aliphatic rings. The zero-order valence-electron chi connectivity index (χ0n) is 8.22. The zero-order chi connectivity index (χ0) is 9.90. The van der Waals surface area contributed by atoms with E-state index < -0.39 is 12.8 Å². The van der Waals surface area contributed by atoms with E-state index in [-0.39, 0.29) is 11.6 Å². The monoisotopic (exact) mass is 191 g/mol. The summed E-state index contributed by atoms with van der Waals surface area (Å²) in [4.78, 5) is 0. The molecule has 4 heteroatoms. The third kappa shape index (κ3) is 3.58. The van der Waals surface area contributed by atoms with Gasteiger partial charge in [0.25, 0.3) is 0 Å². The molecule has 0 aromatic heterocycles. The van der Waals surface area contributed by atoms with E-state index in [4.69, 9.17) is 9.84 Å². The molecule has 0 amide bonds. The number of halogens is 1. The maximum absolute atomic E-state index is 11.9. The van der Waals surface area contributed by atoms with Crippen LogP contribution in [0.15, 0.2) is 0 Å². The third-order valence-electron chi connectivity index (χ3n) is 2.23. The largest absolute Gasteiger partial charge is 0.389 e. The van der Waals surface area contributed by atoms with Gasteiger partial charge in [-0.2, -0.15) is 0 Å². The zero-order valence-corrected chi connectivity index (χ0v) is 8.22. The molecule has 1 rings (SSSR count). The second kappa shape index (κ2) is 4.35. The van der Waals surface area contributed by atoms with E-state index in [1.54, 1.807) is 0 Å². The van der Waals surface area contributed by atoms with Gasteiger partial charge in [0.2, 0.25) is 0 Å². The van der Waals surface area contributed by atoms with Crippen LogP contribution in [-0.2, 0) is 4.74 Å². The van der Waals surface area contributed by atoms with E-state index in [9.17, 15) is 4.39 Å². The number of hydrogen-bond donors (Lipinski definition) is 2. The van der Waals surface area contributed by atoms with Gasteiger partial charge < -0.3 is 15.2 Å². The first-order chi connectivity index (χ1) is 6.03. The number of aliphatic hydroxyl groups is 1. The second-order valence-corrected chi connectivity index (χ2v) is 4.19. The number of ether oxygens (including phenoxy) is 1. The molecule has 2 N–H and O–H groups in total. The number of aliphatic hydroxyl groups excluding tert-OH is 1. The Bertz CT molecular complexity index is 164. The number of hydrogen-bond acceptors (Lipinski definition) is 3. The molecule has 0 bridgehead atoms. The number of rotatable bonds is 4. The van der Waals surface area contributed by atoms with E-state index in [2.05, 4.69) is 5.32 Å². The van der Waals surface area contributed by atoms with Crippen molar-refractivity contribution in [1.29, 1.82) is 0 Å². The summed E-state index contributed by atoms with van der Waals surface area (Å²) in [5, 5.41) is 12.0. The Hall–Kier alpha value is -0.190. The summed E-state index contributed by atoms with van der Waals surface area (Å²) >= 11 is 0. The summed E-state index contributed by atoms with van der Waals surface area (Å²) in [5.74, 6) is 0. The molecule has 0 aromatic rings. The first kappa shape index (κ1) is 10.9. The summed E-state index contributed by atoms with van der Waals surface area (Å²) in [6.07, 6.45) is 0.0233. The Morgan fingerprint density at radius 3 is 2.85 bits per heavy atom. The van der Waals surface area contributed by atoms with Crippen LogP contribution in [0.4, 0.5) is 4.39 Å². The summed E-state index contributed by atoms with van der Waals surface area (Å²) in [6.45, 7) is 4.32. The molecule has 0 radical (unpaired) electrons. The SMILES string of the molecule is CC1(C)CC(NCC(O)CF)CO1. The van der Waals surface area contributed by atoms with Crippen LogP contribution in [0.5, 0.6) is 0 Å². The van der Waals surface area contributed by atoms with Crippen molar-refractivity contribution < 1.29 is 14.2 Å². The van der Waals surface area contributed by atoms with E-state index in [1.165, 1.54) is 0 Å². The standard InChI is InChI=1S/C9H18FNO2/c1-9(2)3-7(6-13-9)11-5-8(12)4-10/h7-8,11-12H,3-6H2,1-2H3. The van der Waals surface area contributed by atoms with Gasteiger partial charge in [-0.25, -0.2) is 4.39 Å². The normalized spacial score (nSPS) is 29.1. The second-order valence-electron chi connectivity index (χ2n) is 4.19. The van der Waals surface area contributed by atoms with E-state index >= 15 is 0 Å². The van der Waals surface area contributed by atoms with Crippen molar-refractivity contribution in [3.8, 4) is 0 Å². The minimum absolute atomic E-state index is 0.0850. The highest BCUT2D eigenvalue weighted by atomic mass is 19.1. The summed E-state index contributed by atoms with van der Waals surface area (Å²) in [7, 11) is 0. The fourth-order valence-corrected chi connectivity index (χ4v) is 1.53. The molecule has 0 aliphatic carbocycles. The van der Waals surface area contributed by atoms with Crippen LogP contribution in [0.1, 0.15) is 20.3 Å². The molecule has 0 saturated carbocycles. The quantitative estimate of drug-likeness (QED) is 0.679. The van der Waals surface area contributed by atoms with Crippen molar-refractivity contribution in [3.63, 3.8) is 0 Å². The molecule has 3 nitrogen and oxygen atoms in total. The van der Waals surface area contributed by atoms with Gasteiger partial charge in [-0.1, -0.05) is 0 Å². The Balaban J connectivity index is 2.17. The van der Waals surface area contributed by atoms with Crippen LogP contribution in [0, 0.1) is 0 Å². The molecule has 1 heterocycles. The highest BCUT2D eigenvalue weighted by Crippen LogP contribution is 2.24. The maximum atomic E-state index is 11.9. The third-order valence-corrected chi connectivity index (χ3v) is 2.23. The minimum atomic E-state index is -0.885. The first-order valence-electron chi connectivity index (χ1n) is 4.65. The fraction of sp³-hybridized carbons (Fsp3) is 1.00. The Labute approximate surface area is 78.3 Å². The Morgan fingerprint density at radius 2 is 2.38 bits per heavy atom. The van der Waals surface area contributed by atoms with Gasteiger partial charge in [-0.05, 0) is 20.3 Å². The van der Waals surface area contributed by atoms with E-state index in [1.807, 2.05) is 13.8 Å². The lowest BCUT2D eigenvalue weighted by Gasteiger charge is -2.16. The molecule has 0 aromatic carbocycles. The maximum Gasteiger partial charge on any atom is 0.117 e. The highest BCUT2D eigenvalue weighted by molar-refractivity contribution is 4.85. The van der Waals surface area contributed by atoms with Crippen LogP contribution in [-0.4, -0.2) is 42.7 Å². The van der Waals surface area contributed by atoms with Crippen molar-refractivity contribution in [1.82, 2.24) is 5.32 Å². The van der Waals surface area contributed by atoms with Crippen LogP contribution in [0.25, 0.3) is 0 Å². The smallest absolute Gasteiger partial charge is 0.117 e. The summed E-state index contributed by atoms with van der Waals surface area (Å²) < 4.78 is 17.4. The van der Waals surface area contributed by atoms with Crippen molar-refractivity contribution >= 4 is 0 Å². The average Bonchev–Trinajstić information content (AvgIpc) is 2.41. The van der Waals surface area contributed by atoms with Gasteiger partial charge >= 0.3 is 0 Å². The molecular weight excluding hydrogens is 173 g/mol. The molecular formula is C9H18FNO2. The number of alkyl halides is 1. The molecule has 2 unspecified atom stereocenters. The lowest BCUT2D eigenvalue weighted by atomic mass is 10.0. The van der Waals surface area contributed by atoms with Gasteiger partial charge in [-0.3, -0.25) is 0 Å². The van der Waals surface area contributed by atoms with Crippen molar-refractivity contribution in [2.45, 2.75) is 38.0 Å². The lowest BCUT2D eigenvalue weighted by Crippen LogP contribution is -2.37. The summed E-state index contributed by atoms with van der Waals surface area (Å²) in [5.41, 5.74) is -0.0850. The molecule has 1 aliphatic heterocycles. The van der Waals surface area contributed by atoms with E-state index in [0.717, 1.165) is 6.42 Å². The predicted octanol–water partition coefficient (Wildman–Crippen LogP) is 0.474. The molecule has 1 saturated heterocycles. The summed E-state index contributed by atoms with van der Waals surface area (Å²) in [6, 6.07) is 0.246. The lowest BCUT2D eigenvalue weighted by molar-refractivity contribution is 0.0355. The molecule has 13 heavy (non-hydrogen) atoms. The van der Waals surface area contributed by atoms with Crippen LogP contribution < -0.4 is 5.32 Å². The topological polar surface area (TPSA) is 41.5 Å². The van der Waals surface area contributed by atoms with Crippen LogP contribution in [0.3, 0.4) is 0 Å². The molecule has 2 atom stereocenters. The van der Waals surface area contributed by atoms with Crippen LogP contribution >= 0.6 is 0 Å². The van der Waals surface area contributed by atoms with Gasteiger partial charge in [-0.15, -0.1) is 0 Å². The van der Waals surface area contributed by atoms with Crippen LogP contribution in [0.2, 0.25) is 0 Å². The van der Waals surface area contributed by atoms with Crippen molar-refractivity contribution in [2.24, 2.45) is 0 Å². The Kier molecular flexibility index (Phi) is 3.64. The average molecular weight is 191 g/mol. The van der Waals surface area contributed by atoms with Gasteiger partial charge in [0.15, 0.2) is 0 Å². The first-order valence-corrected chi connectivity index (χ1v) is 4.65. The molecule has 78 valence electrons. The highest BCUT2D eigenvalue weighted by Gasteiger charge is 2.31. The predicted molar refractivity (Wildman–Crippen MR) is 48.4 cm³/mol. The minimum Gasteiger partial charge on any atom is -0.389 e. The fourth-order valence-electron chi connectivity index (χ4n) is 1.53. The van der Waals surface area contributed by atoms with E-state index in [0.29, 0.717) is 13.2 Å². The molecule has 0 spiro atoms. The number of nitrogens with one attached hydrogen (secondary N) is 1. The van der Waals surface area contributed by atoms with Crippen molar-refractivity contribution in [3.05, 3.63) is 0 Å².